The smallest absolute Gasteiger partial charge is 0.317 e. The second-order valence-electron chi connectivity index (χ2n) is 5.10. The highest BCUT2D eigenvalue weighted by molar-refractivity contribution is 5.91. The Labute approximate surface area is 135 Å². The van der Waals surface area contributed by atoms with Gasteiger partial charge in [-0.05, 0) is 36.4 Å². The van der Waals surface area contributed by atoms with E-state index in [9.17, 15) is 14.4 Å². The average molecular weight is 320 g/mol. The number of carbonyl (C=O) groups excluding carboxylic acids is 1. The van der Waals surface area contributed by atoms with Crippen molar-refractivity contribution in [3.63, 3.8) is 0 Å². The quantitative estimate of drug-likeness (QED) is 0.707. The third kappa shape index (κ3) is 2.94. The molecule has 0 aliphatic carbocycles. The Kier molecular flexibility index (Phi) is 3.95. The predicted octanol–water partition coefficient (Wildman–Crippen LogP) is 1.20. The van der Waals surface area contributed by atoms with Crippen LogP contribution in [-0.2, 0) is 11.3 Å². The maximum atomic E-state index is 12.2. The summed E-state index contributed by atoms with van der Waals surface area (Å²) >= 11 is 0. The van der Waals surface area contributed by atoms with E-state index in [1.54, 1.807) is 48.5 Å². The summed E-state index contributed by atoms with van der Waals surface area (Å²) in [5, 5.41) is 11.4. The Bertz CT molecular complexity index is 1070. The lowest BCUT2D eigenvalue weighted by molar-refractivity contribution is -0.116. The number of fused-ring (bicyclic) bond motifs is 1. The second kappa shape index (κ2) is 6.22. The van der Waals surface area contributed by atoms with Gasteiger partial charge < -0.3 is 10.3 Å². The minimum absolute atomic E-state index is 0.288. The van der Waals surface area contributed by atoms with Crippen LogP contribution in [0.5, 0.6) is 0 Å². The van der Waals surface area contributed by atoms with Crippen LogP contribution < -0.4 is 16.4 Å². The van der Waals surface area contributed by atoms with Crippen molar-refractivity contribution in [3.05, 3.63) is 74.8 Å². The highest BCUT2D eigenvalue weighted by Gasteiger charge is 2.11. The molecule has 0 spiro atoms. The number of H-pyrrole nitrogens is 1. The number of hydrogen-bond donors (Lipinski definition) is 2. The molecule has 1 amide bonds. The lowest BCUT2D eigenvalue weighted by Gasteiger charge is -2.10. The van der Waals surface area contributed by atoms with E-state index >= 15 is 0 Å². The summed E-state index contributed by atoms with van der Waals surface area (Å²) in [6, 6.07) is 15.1. The Morgan fingerprint density at radius 1 is 1.12 bits per heavy atom. The molecule has 118 valence electrons. The minimum atomic E-state index is -0.788. The van der Waals surface area contributed by atoms with Crippen molar-refractivity contribution >= 4 is 22.6 Å². The fourth-order valence-electron chi connectivity index (χ4n) is 2.35. The molecule has 0 atom stereocenters. The van der Waals surface area contributed by atoms with E-state index in [4.69, 9.17) is 5.26 Å². The van der Waals surface area contributed by atoms with Gasteiger partial charge in [0.25, 0.3) is 0 Å². The number of para-hydroxylation sites is 2. The fourth-order valence-corrected chi connectivity index (χ4v) is 2.35. The molecule has 0 saturated carbocycles. The van der Waals surface area contributed by atoms with Crippen LogP contribution in [0.15, 0.2) is 58.1 Å². The Morgan fingerprint density at radius 2 is 1.83 bits per heavy atom. The van der Waals surface area contributed by atoms with E-state index in [1.165, 1.54) is 0 Å². The number of aromatic amines is 1. The molecule has 0 aliphatic rings. The summed E-state index contributed by atoms with van der Waals surface area (Å²) in [7, 11) is 0. The zero-order chi connectivity index (χ0) is 17.1. The van der Waals surface area contributed by atoms with E-state index in [0.29, 0.717) is 22.3 Å². The normalized spacial score (nSPS) is 10.3. The Balaban J connectivity index is 1.90. The lowest BCUT2D eigenvalue weighted by atomic mass is 10.2. The molecule has 0 saturated heterocycles. The summed E-state index contributed by atoms with van der Waals surface area (Å²) in [5.74, 6) is -0.447. The molecule has 1 heterocycles. The van der Waals surface area contributed by atoms with Crippen molar-refractivity contribution in [1.82, 2.24) is 9.55 Å². The molecule has 0 aliphatic heterocycles. The van der Waals surface area contributed by atoms with Crippen molar-refractivity contribution in [2.24, 2.45) is 0 Å². The first kappa shape index (κ1) is 15.2. The summed E-state index contributed by atoms with van der Waals surface area (Å²) in [6.45, 7) is -0.288. The number of benzene rings is 2. The SMILES string of the molecule is N#Cc1ccc(NC(=O)Cn2c(=O)c(=O)[nH]c3ccccc32)cc1. The largest absolute Gasteiger partial charge is 0.325 e. The van der Waals surface area contributed by atoms with Gasteiger partial charge in [0.1, 0.15) is 6.54 Å². The topological polar surface area (TPSA) is 108 Å². The maximum Gasteiger partial charge on any atom is 0.317 e. The van der Waals surface area contributed by atoms with Crippen LogP contribution in [0.1, 0.15) is 5.56 Å². The fraction of sp³-hybridized carbons (Fsp3) is 0.0588. The van der Waals surface area contributed by atoms with Crippen LogP contribution in [0.25, 0.3) is 11.0 Å². The van der Waals surface area contributed by atoms with Gasteiger partial charge in [-0.15, -0.1) is 0 Å². The first-order chi connectivity index (χ1) is 11.6. The van der Waals surface area contributed by atoms with Crippen LogP contribution in [0.2, 0.25) is 0 Å². The number of amides is 1. The summed E-state index contributed by atoms with van der Waals surface area (Å²) in [5.41, 5.74) is 0.361. The van der Waals surface area contributed by atoms with Gasteiger partial charge in [-0.2, -0.15) is 5.26 Å². The number of nitrogens with zero attached hydrogens (tertiary/aromatic N) is 2. The first-order valence-corrected chi connectivity index (χ1v) is 7.10. The molecular weight excluding hydrogens is 308 g/mol. The van der Waals surface area contributed by atoms with Gasteiger partial charge in [-0.25, -0.2) is 0 Å². The number of nitrogens with one attached hydrogen (secondary N) is 2. The standard InChI is InChI=1S/C17H12N4O3/c18-9-11-5-7-12(8-6-11)19-15(22)10-21-14-4-2-1-3-13(14)20-16(23)17(21)24/h1-8H,10H2,(H,19,22)(H,20,23). The van der Waals surface area contributed by atoms with Crippen molar-refractivity contribution < 1.29 is 4.79 Å². The average Bonchev–Trinajstić information content (AvgIpc) is 2.59. The molecule has 0 unspecified atom stereocenters. The number of anilines is 1. The monoisotopic (exact) mass is 320 g/mol. The molecule has 2 N–H and O–H groups in total. The molecule has 1 aromatic heterocycles. The number of carbonyl (C=O) groups is 1. The van der Waals surface area contributed by atoms with Crippen LogP contribution in [0, 0.1) is 11.3 Å². The lowest BCUT2D eigenvalue weighted by Crippen LogP contribution is -2.38. The zero-order valence-corrected chi connectivity index (χ0v) is 12.4. The molecule has 2 aromatic carbocycles. The van der Waals surface area contributed by atoms with Crippen LogP contribution in [0.4, 0.5) is 5.69 Å². The highest BCUT2D eigenvalue weighted by atomic mass is 16.2. The van der Waals surface area contributed by atoms with Gasteiger partial charge in [-0.1, -0.05) is 12.1 Å². The molecule has 7 nitrogen and oxygen atoms in total. The Hall–Kier alpha value is -3.66. The van der Waals surface area contributed by atoms with E-state index < -0.39 is 17.0 Å². The molecule has 7 heteroatoms. The summed E-state index contributed by atoms with van der Waals surface area (Å²) < 4.78 is 1.13. The molecule has 3 aromatic rings. The molecule has 0 fully saturated rings. The molecule has 0 radical (unpaired) electrons. The minimum Gasteiger partial charge on any atom is -0.325 e. The number of aromatic nitrogens is 2. The van der Waals surface area contributed by atoms with Crippen LogP contribution in [0.3, 0.4) is 0 Å². The number of hydrogen-bond acceptors (Lipinski definition) is 4. The zero-order valence-electron chi connectivity index (χ0n) is 12.4. The molecular formula is C17H12N4O3. The summed E-state index contributed by atoms with van der Waals surface area (Å²) in [6.07, 6.45) is 0. The van der Waals surface area contributed by atoms with Crippen LogP contribution >= 0.6 is 0 Å². The third-order valence-corrected chi connectivity index (χ3v) is 3.48. The van der Waals surface area contributed by atoms with Gasteiger partial charge in [-0.3, -0.25) is 19.0 Å². The predicted molar refractivity (Wildman–Crippen MR) is 88.6 cm³/mol. The van der Waals surface area contributed by atoms with Gasteiger partial charge >= 0.3 is 11.1 Å². The van der Waals surface area contributed by atoms with Crippen molar-refractivity contribution in [2.75, 3.05) is 5.32 Å². The maximum absolute atomic E-state index is 12.2. The Morgan fingerprint density at radius 3 is 2.54 bits per heavy atom. The van der Waals surface area contributed by atoms with Crippen molar-refractivity contribution in [1.29, 1.82) is 5.26 Å². The van der Waals surface area contributed by atoms with E-state index in [-0.39, 0.29) is 6.54 Å². The van der Waals surface area contributed by atoms with E-state index in [0.717, 1.165) is 4.57 Å². The van der Waals surface area contributed by atoms with E-state index in [1.807, 2.05) is 6.07 Å². The second-order valence-corrected chi connectivity index (χ2v) is 5.10. The van der Waals surface area contributed by atoms with Crippen molar-refractivity contribution in [2.45, 2.75) is 6.54 Å². The van der Waals surface area contributed by atoms with Gasteiger partial charge in [0.15, 0.2) is 0 Å². The number of nitriles is 1. The van der Waals surface area contributed by atoms with E-state index in [2.05, 4.69) is 10.3 Å². The molecule has 3 rings (SSSR count). The first-order valence-electron chi connectivity index (χ1n) is 7.10. The van der Waals surface area contributed by atoms with Gasteiger partial charge in [0.2, 0.25) is 5.91 Å². The molecule has 0 bridgehead atoms. The van der Waals surface area contributed by atoms with Crippen LogP contribution in [-0.4, -0.2) is 15.5 Å². The van der Waals surface area contributed by atoms with Gasteiger partial charge in [0.05, 0.1) is 22.7 Å². The highest BCUT2D eigenvalue weighted by Crippen LogP contribution is 2.10. The van der Waals surface area contributed by atoms with Crippen molar-refractivity contribution in [3.8, 4) is 6.07 Å². The summed E-state index contributed by atoms with van der Waals surface area (Å²) in [4.78, 5) is 38.4. The van der Waals surface area contributed by atoms with Gasteiger partial charge in [0, 0.05) is 5.69 Å². The number of rotatable bonds is 3. The molecule has 24 heavy (non-hydrogen) atoms. The third-order valence-electron chi connectivity index (χ3n) is 3.48.